The van der Waals surface area contributed by atoms with Crippen molar-refractivity contribution in [3.05, 3.63) is 41.5 Å². The van der Waals surface area contributed by atoms with Crippen molar-refractivity contribution < 1.29 is 12.8 Å². The highest BCUT2D eigenvalue weighted by Crippen LogP contribution is 2.21. The Morgan fingerprint density at radius 3 is 2.75 bits per heavy atom. The van der Waals surface area contributed by atoms with E-state index >= 15 is 0 Å². The van der Waals surface area contributed by atoms with Crippen molar-refractivity contribution in [1.29, 1.82) is 0 Å². The molecular weight excluding hydrogens is 283 g/mol. The number of hydrogen-bond donors (Lipinski definition) is 3. The van der Waals surface area contributed by atoms with Gasteiger partial charge in [-0.2, -0.15) is 5.10 Å². The van der Waals surface area contributed by atoms with Gasteiger partial charge in [-0.1, -0.05) is 0 Å². The molecule has 0 saturated heterocycles. The van der Waals surface area contributed by atoms with E-state index in [9.17, 15) is 12.8 Å². The molecule has 1 aromatic carbocycles. The van der Waals surface area contributed by atoms with Crippen molar-refractivity contribution in [2.45, 2.75) is 18.4 Å². The van der Waals surface area contributed by atoms with Crippen LogP contribution >= 0.6 is 0 Å². The monoisotopic (exact) mass is 298 g/mol. The van der Waals surface area contributed by atoms with Crippen molar-refractivity contribution in [3.8, 4) is 0 Å². The van der Waals surface area contributed by atoms with Crippen molar-refractivity contribution in [2.75, 3.05) is 11.8 Å². The average molecular weight is 298 g/mol. The first-order chi connectivity index (χ1) is 9.44. The highest BCUT2D eigenvalue weighted by molar-refractivity contribution is 7.92. The lowest BCUT2D eigenvalue weighted by Crippen LogP contribution is -2.15. The molecule has 1 heterocycles. The van der Waals surface area contributed by atoms with Crippen LogP contribution in [0.25, 0.3) is 0 Å². The van der Waals surface area contributed by atoms with E-state index in [0.717, 1.165) is 0 Å². The minimum atomic E-state index is -3.77. The second kappa shape index (κ2) is 5.59. The maximum atomic E-state index is 13.9. The summed E-state index contributed by atoms with van der Waals surface area (Å²) in [6.07, 6.45) is 2.77. The summed E-state index contributed by atoms with van der Waals surface area (Å²) in [5.41, 5.74) is 0.910. The number of H-pyrrole nitrogens is 1. The van der Waals surface area contributed by atoms with Crippen LogP contribution in [0.3, 0.4) is 0 Å². The number of rotatable bonds is 5. The normalized spacial score (nSPS) is 11.6. The largest absolute Gasteiger partial charge is 0.316 e. The summed E-state index contributed by atoms with van der Waals surface area (Å²) in [5, 5.41) is 8.97. The Labute approximate surface area is 116 Å². The van der Waals surface area contributed by atoms with Crippen molar-refractivity contribution in [1.82, 2.24) is 15.5 Å². The third-order valence-corrected chi connectivity index (χ3v) is 4.09. The van der Waals surface area contributed by atoms with Gasteiger partial charge in [-0.25, -0.2) is 12.8 Å². The lowest BCUT2D eigenvalue weighted by molar-refractivity contribution is 0.585. The number of benzene rings is 1. The van der Waals surface area contributed by atoms with Crippen LogP contribution in [0, 0.1) is 12.7 Å². The number of nitrogens with zero attached hydrogens (tertiary/aromatic N) is 1. The van der Waals surface area contributed by atoms with Crippen molar-refractivity contribution >= 4 is 15.7 Å². The molecule has 0 spiro atoms. The molecule has 0 bridgehead atoms. The van der Waals surface area contributed by atoms with E-state index in [-0.39, 0.29) is 17.0 Å². The summed E-state index contributed by atoms with van der Waals surface area (Å²) >= 11 is 0. The summed E-state index contributed by atoms with van der Waals surface area (Å²) in [7, 11) is -2.10. The Bertz CT molecular complexity index is 698. The van der Waals surface area contributed by atoms with Crippen LogP contribution < -0.4 is 10.0 Å². The number of sulfonamides is 1. The molecule has 0 atom stereocenters. The minimum Gasteiger partial charge on any atom is -0.316 e. The molecule has 3 N–H and O–H groups in total. The molecule has 0 amide bonds. The summed E-state index contributed by atoms with van der Waals surface area (Å²) in [6, 6.07) is 2.62. The molecule has 0 fully saturated rings. The Morgan fingerprint density at radius 2 is 2.15 bits per heavy atom. The molecule has 0 aliphatic carbocycles. The van der Waals surface area contributed by atoms with Gasteiger partial charge < -0.3 is 5.32 Å². The molecule has 1 aromatic heterocycles. The van der Waals surface area contributed by atoms with E-state index in [1.54, 1.807) is 7.05 Å². The summed E-state index contributed by atoms with van der Waals surface area (Å²) in [4.78, 5) is 0.0165. The second-order valence-electron chi connectivity index (χ2n) is 4.34. The van der Waals surface area contributed by atoms with Gasteiger partial charge in [-0.15, -0.1) is 0 Å². The lowest BCUT2D eigenvalue weighted by atomic mass is 10.1. The number of aromatic nitrogens is 2. The molecule has 8 heteroatoms. The van der Waals surface area contributed by atoms with E-state index in [2.05, 4.69) is 20.2 Å². The number of nitrogens with one attached hydrogen (secondary N) is 3. The Hall–Kier alpha value is -1.93. The van der Waals surface area contributed by atoms with E-state index in [0.29, 0.717) is 11.3 Å². The topological polar surface area (TPSA) is 86.9 Å². The van der Waals surface area contributed by atoms with Crippen LogP contribution in [-0.2, 0) is 16.6 Å². The molecule has 0 aliphatic heterocycles. The van der Waals surface area contributed by atoms with Crippen molar-refractivity contribution in [3.63, 3.8) is 0 Å². The van der Waals surface area contributed by atoms with Crippen LogP contribution in [-0.4, -0.2) is 25.7 Å². The van der Waals surface area contributed by atoms with Gasteiger partial charge in [0.15, 0.2) is 0 Å². The van der Waals surface area contributed by atoms with E-state index in [4.69, 9.17) is 0 Å². The maximum absolute atomic E-state index is 13.9. The fraction of sp³-hybridized carbons (Fsp3) is 0.250. The van der Waals surface area contributed by atoms with Gasteiger partial charge in [0.1, 0.15) is 5.82 Å². The van der Waals surface area contributed by atoms with Gasteiger partial charge in [0.2, 0.25) is 0 Å². The highest BCUT2D eigenvalue weighted by atomic mass is 32.2. The predicted molar refractivity (Wildman–Crippen MR) is 73.3 cm³/mol. The van der Waals surface area contributed by atoms with Gasteiger partial charge in [0.25, 0.3) is 10.0 Å². The van der Waals surface area contributed by atoms with Gasteiger partial charge in [-0.05, 0) is 31.7 Å². The molecular formula is C12H15FN4O2S. The number of aryl methyl sites for hydroxylation is 1. The SMILES string of the molecule is CNCc1cc(S(=O)(=O)Nc2cn[nH]c2)cc(C)c1F. The quantitative estimate of drug-likeness (QED) is 0.778. The fourth-order valence-electron chi connectivity index (χ4n) is 1.80. The molecule has 108 valence electrons. The lowest BCUT2D eigenvalue weighted by Gasteiger charge is -2.11. The smallest absolute Gasteiger partial charge is 0.262 e. The minimum absolute atomic E-state index is 0.0165. The fourth-order valence-corrected chi connectivity index (χ4v) is 2.97. The maximum Gasteiger partial charge on any atom is 0.262 e. The molecule has 2 aromatic rings. The molecule has 0 aliphatic rings. The number of halogens is 1. The first-order valence-corrected chi connectivity index (χ1v) is 7.37. The van der Waals surface area contributed by atoms with Crippen LogP contribution in [0.4, 0.5) is 10.1 Å². The first kappa shape index (κ1) is 14.5. The Kier molecular flexibility index (Phi) is 4.05. The third kappa shape index (κ3) is 2.97. The van der Waals surface area contributed by atoms with Gasteiger partial charge in [0.05, 0.1) is 16.8 Å². The van der Waals surface area contributed by atoms with Crippen LogP contribution in [0.5, 0.6) is 0 Å². The van der Waals surface area contributed by atoms with Crippen LogP contribution in [0.2, 0.25) is 0 Å². The summed E-state index contributed by atoms with van der Waals surface area (Å²) in [6.45, 7) is 1.78. The van der Waals surface area contributed by atoms with Crippen molar-refractivity contribution in [2.24, 2.45) is 0 Å². The molecule has 6 nitrogen and oxygen atoms in total. The van der Waals surface area contributed by atoms with Gasteiger partial charge >= 0.3 is 0 Å². The second-order valence-corrected chi connectivity index (χ2v) is 6.02. The zero-order valence-electron chi connectivity index (χ0n) is 11.1. The van der Waals surface area contributed by atoms with E-state index < -0.39 is 15.8 Å². The number of hydrogen-bond acceptors (Lipinski definition) is 4. The number of anilines is 1. The van der Waals surface area contributed by atoms with E-state index in [1.165, 1.54) is 31.5 Å². The molecule has 0 radical (unpaired) electrons. The molecule has 0 saturated carbocycles. The molecule has 2 rings (SSSR count). The van der Waals surface area contributed by atoms with Crippen LogP contribution in [0.15, 0.2) is 29.4 Å². The van der Waals surface area contributed by atoms with Crippen LogP contribution in [0.1, 0.15) is 11.1 Å². The van der Waals surface area contributed by atoms with E-state index in [1.807, 2.05) is 0 Å². The standard InChI is InChI=1S/C12H15FN4O2S/c1-8-3-11(4-9(5-14-2)12(8)13)20(18,19)17-10-6-15-16-7-10/h3-4,6-7,14,17H,5H2,1-2H3,(H,15,16). The predicted octanol–water partition coefficient (Wildman–Crippen LogP) is 1.38. The molecule has 0 unspecified atom stereocenters. The van der Waals surface area contributed by atoms with Gasteiger partial charge in [-0.3, -0.25) is 9.82 Å². The summed E-state index contributed by atoms with van der Waals surface area (Å²) < 4.78 is 40.7. The Morgan fingerprint density at radius 1 is 1.40 bits per heavy atom. The summed E-state index contributed by atoms with van der Waals surface area (Å²) in [5.74, 6) is -0.401. The number of aromatic amines is 1. The highest BCUT2D eigenvalue weighted by Gasteiger charge is 2.18. The average Bonchev–Trinajstić information content (AvgIpc) is 2.87. The molecule has 20 heavy (non-hydrogen) atoms. The Balaban J connectivity index is 2.41. The zero-order chi connectivity index (χ0) is 14.8. The zero-order valence-corrected chi connectivity index (χ0v) is 11.9. The van der Waals surface area contributed by atoms with Gasteiger partial charge in [0, 0.05) is 18.3 Å². The first-order valence-electron chi connectivity index (χ1n) is 5.89. The third-order valence-electron chi connectivity index (χ3n) is 2.73.